The summed E-state index contributed by atoms with van der Waals surface area (Å²) in [5.41, 5.74) is 0.574. The minimum Gasteiger partial charge on any atom is -0.0654 e. The minimum atomic E-state index is 0.574. The van der Waals surface area contributed by atoms with Gasteiger partial charge in [0.2, 0.25) is 0 Å². The lowest BCUT2D eigenvalue weighted by Gasteiger charge is -2.40. The Bertz CT molecular complexity index is 242. The van der Waals surface area contributed by atoms with Crippen LogP contribution in [-0.4, -0.2) is 0 Å². The molecule has 0 aliphatic rings. The molecule has 0 aliphatic carbocycles. The highest BCUT2D eigenvalue weighted by Crippen LogP contribution is 2.43. The highest BCUT2D eigenvalue weighted by molar-refractivity contribution is 4.83. The molecule has 0 saturated heterocycles. The number of hydrogen-bond acceptors (Lipinski definition) is 0. The van der Waals surface area contributed by atoms with Crippen LogP contribution in [0.15, 0.2) is 0 Å². The molecule has 0 spiro atoms. The first-order chi connectivity index (χ1) is 11.0. The molecule has 0 radical (unpaired) electrons. The summed E-state index contributed by atoms with van der Waals surface area (Å²) in [5, 5.41) is 0. The van der Waals surface area contributed by atoms with E-state index < -0.39 is 0 Å². The van der Waals surface area contributed by atoms with Crippen LogP contribution in [0, 0.1) is 17.3 Å². The zero-order chi connectivity index (χ0) is 17.6. The van der Waals surface area contributed by atoms with E-state index >= 15 is 0 Å². The van der Waals surface area contributed by atoms with Crippen molar-refractivity contribution in [2.45, 2.75) is 131 Å². The molecule has 2 unspecified atom stereocenters. The van der Waals surface area contributed by atoms with Gasteiger partial charge in [-0.2, -0.15) is 0 Å². The zero-order valence-electron chi connectivity index (χ0n) is 17.6. The van der Waals surface area contributed by atoms with E-state index in [9.17, 15) is 0 Å². The van der Waals surface area contributed by atoms with Crippen molar-refractivity contribution < 1.29 is 0 Å². The Balaban J connectivity index is 4.00. The van der Waals surface area contributed by atoms with Gasteiger partial charge in [0.05, 0.1) is 0 Å². The smallest absolute Gasteiger partial charge is 0.0298 e. The van der Waals surface area contributed by atoms with Crippen molar-refractivity contribution in [2.75, 3.05) is 0 Å². The average Bonchev–Trinajstić information content (AvgIpc) is 2.54. The van der Waals surface area contributed by atoms with Crippen molar-refractivity contribution in [3.63, 3.8) is 0 Å². The lowest BCUT2D eigenvalue weighted by Crippen LogP contribution is -2.31. The Morgan fingerprint density at radius 3 is 1.57 bits per heavy atom. The van der Waals surface area contributed by atoms with Gasteiger partial charge < -0.3 is 0 Å². The third kappa shape index (κ3) is 10.5. The molecule has 140 valence electrons. The van der Waals surface area contributed by atoms with Crippen LogP contribution in [0.1, 0.15) is 131 Å². The van der Waals surface area contributed by atoms with Gasteiger partial charge in [-0.3, -0.25) is 0 Å². The molecule has 0 bridgehead atoms. The van der Waals surface area contributed by atoms with Gasteiger partial charge in [0.1, 0.15) is 0 Å². The average molecular weight is 325 g/mol. The molecule has 0 saturated carbocycles. The summed E-state index contributed by atoms with van der Waals surface area (Å²) < 4.78 is 0. The normalized spacial score (nSPS) is 15.8. The van der Waals surface area contributed by atoms with Gasteiger partial charge in [-0.05, 0) is 30.1 Å². The maximum atomic E-state index is 2.57. The van der Waals surface area contributed by atoms with Gasteiger partial charge >= 0.3 is 0 Å². The van der Waals surface area contributed by atoms with Gasteiger partial charge in [0.25, 0.3) is 0 Å². The van der Waals surface area contributed by atoms with Crippen molar-refractivity contribution in [2.24, 2.45) is 17.3 Å². The lowest BCUT2D eigenvalue weighted by atomic mass is 9.65. The van der Waals surface area contributed by atoms with E-state index in [1.54, 1.807) is 0 Å². The Morgan fingerprint density at radius 2 is 1.13 bits per heavy atom. The van der Waals surface area contributed by atoms with E-state index in [-0.39, 0.29) is 0 Å². The van der Waals surface area contributed by atoms with Crippen molar-refractivity contribution in [3.8, 4) is 0 Å². The summed E-state index contributed by atoms with van der Waals surface area (Å²) in [6, 6.07) is 0. The Labute approximate surface area is 149 Å². The second kappa shape index (κ2) is 14.4. The number of hydrogen-bond donors (Lipinski definition) is 0. The van der Waals surface area contributed by atoms with Crippen molar-refractivity contribution >= 4 is 0 Å². The molecule has 0 aromatic heterocycles. The molecule has 0 aromatic rings. The second-order valence-corrected chi connectivity index (χ2v) is 8.58. The maximum absolute atomic E-state index is 2.57. The molecule has 0 nitrogen and oxygen atoms in total. The predicted octanol–water partition coefficient (Wildman–Crippen LogP) is 8.79. The third-order valence-electron chi connectivity index (χ3n) is 6.23. The molecular formula is C23H48. The first kappa shape index (κ1) is 23.0. The van der Waals surface area contributed by atoms with E-state index in [2.05, 4.69) is 41.5 Å². The highest BCUT2D eigenvalue weighted by atomic mass is 14.4. The van der Waals surface area contributed by atoms with Crippen molar-refractivity contribution in [1.29, 1.82) is 0 Å². The summed E-state index contributed by atoms with van der Waals surface area (Å²) in [6.45, 7) is 14.5. The molecule has 0 aromatic carbocycles. The summed E-state index contributed by atoms with van der Waals surface area (Å²) in [5.74, 6) is 1.76. The first-order valence-corrected chi connectivity index (χ1v) is 11.0. The lowest BCUT2D eigenvalue weighted by molar-refractivity contribution is 0.100. The summed E-state index contributed by atoms with van der Waals surface area (Å²) in [6.07, 6.45) is 20.0. The Morgan fingerprint density at radius 1 is 0.652 bits per heavy atom. The molecule has 0 N–H and O–H groups in total. The van der Waals surface area contributed by atoms with E-state index in [0.29, 0.717) is 5.41 Å². The van der Waals surface area contributed by atoms with Crippen LogP contribution in [0.3, 0.4) is 0 Å². The standard InChI is InChI=1S/C23H48/c1-7-10-12-13-14-15-16-17-18-19-22(21(4)5)23(6,9-3)20-11-8-2/h21-22H,7-20H2,1-6H3. The SMILES string of the molecule is CCCCCCCCCCCC(C(C)C)C(C)(CC)CCCC. The van der Waals surface area contributed by atoms with E-state index in [1.807, 2.05) is 0 Å². The Hall–Kier alpha value is 0. The van der Waals surface area contributed by atoms with Gasteiger partial charge in [0.15, 0.2) is 0 Å². The fourth-order valence-electron chi connectivity index (χ4n) is 4.37. The van der Waals surface area contributed by atoms with Gasteiger partial charge in [-0.1, -0.05) is 119 Å². The maximum Gasteiger partial charge on any atom is -0.0298 e. The fourth-order valence-corrected chi connectivity index (χ4v) is 4.37. The van der Waals surface area contributed by atoms with E-state index in [0.717, 1.165) is 11.8 Å². The molecule has 0 rings (SSSR count). The highest BCUT2D eigenvalue weighted by Gasteiger charge is 2.33. The first-order valence-electron chi connectivity index (χ1n) is 11.0. The molecule has 0 heterocycles. The predicted molar refractivity (Wildman–Crippen MR) is 108 cm³/mol. The Kier molecular flexibility index (Phi) is 14.4. The summed E-state index contributed by atoms with van der Waals surface area (Å²) in [7, 11) is 0. The molecule has 0 amide bonds. The number of rotatable bonds is 16. The molecular weight excluding hydrogens is 276 g/mol. The fraction of sp³-hybridized carbons (Fsp3) is 1.00. The van der Waals surface area contributed by atoms with Crippen LogP contribution in [0.2, 0.25) is 0 Å². The van der Waals surface area contributed by atoms with E-state index in [1.165, 1.54) is 89.9 Å². The zero-order valence-corrected chi connectivity index (χ0v) is 17.6. The molecule has 2 atom stereocenters. The summed E-state index contributed by atoms with van der Waals surface area (Å²) >= 11 is 0. The van der Waals surface area contributed by atoms with E-state index in [4.69, 9.17) is 0 Å². The van der Waals surface area contributed by atoms with Crippen LogP contribution < -0.4 is 0 Å². The monoisotopic (exact) mass is 324 g/mol. The molecule has 0 aliphatic heterocycles. The molecule has 0 heteroatoms. The van der Waals surface area contributed by atoms with Crippen molar-refractivity contribution in [1.82, 2.24) is 0 Å². The number of unbranched alkanes of at least 4 members (excludes halogenated alkanes) is 9. The van der Waals surface area contributed by atoms with Gasteiger partial charge in [0, 0.05) is 0 Å². The van der Waals surface area contributed by atoms with Crippen LogP contribution in [-0.2, 0) is 0 Å². The van der Waals surface area contributed by atoms with Crippen LogP contribution in [0.4, 0.5) is 0 Å². The van der Waals surface area contributed by atoms with Crippen LogP contribution >= 0.6 is 0 Å². The quantitative estimate of drug-likeness (QED) is 0.249. The third-order valence-corrected chi connectivity index (χ3v) is 6.23. The van der Waals surface area contributed by atoms with Crippen molar-refractivity contribution in [3.05, 3.63) is 0 Å². The topological polar surface area (TPSA) is 0 Å². The van der Waals surface area contributed by atoms with Crippen LogP contribution in [0.25, 0.3) is 0 Å². The minimum absolute atomic E-state index is 0.574. The molecule has 0 fully saturated rings. The second-order valence-electron chi connectivity index (χ2n) is 8.58. The van der Waals surface area contributed by atoms with Crippen LogP contribution in [0.5, 0.6) is 0 Å². The molecule has 23 heavy (non-hydrogen) atoms. The van der Waals surface area contributed by atoms with Gasteiger partial charge in [-0.15, -0.1) is 0 Å². The summed E-state index contributed by atoms with van der Waals surface area (Å²) in [4.78, 5) is 0. The van der Waals surface area contributed by atoms with Gasteiger partial charge in [-0.25, -0.2) is 0 Å². The largest absolute Gasteiger partial charge is 0.0654 e.